The maximum Gasteiger partial charge on any atom is 0.136 e. The van der Waals surface area contributed by atoms with Gasteiger partial charge in [0.2, 0.25) is 0 Å². The zero-order valence-electron chi connectivity index (χ0n) is 3.46. The summed E-state index contributed by atoms with van der Waals surface area (Å²) in [5, 5.41) is 2.42. The quantitative estimate of drug-likeness (QED) is 0.419. The molecule has 0 fully saturated rings. The molecule has 0 spiro atoms. The molecule has 1 heterocycles. The van der Waals surface area contributed by atoms with Crippen LogP contribution >= 0.6 is 12.2 Å². The van der Waals surface area contributed by atoms with Gasteiger partial charge in [-0.3, -0.25) is 0 Å². The number of thiocarbonyl (C=S) groups is 1. The normalized spacial score (nSPS) is 15.1. The van der Waals surface area contributed by atoms with E-state index >= 15 is 0 Å². The Morgan fingerprint density at radius 1 is 1.71 bits per heavy atom. The van der Waals surface area contributed by atoms with Crippen molar-refractivity contribution in [3.63, 3.8) is 0 Å². The summed E-state index contributed by atoms with van der Waals surface area (Å²) in [6, 6.07) is 0. The number of hydrogen-bond donors (Lipinski definition) is 0. The molecule has 0 saturated carbocycles. The highest BCUT2D eigenvalue weighted by molar-refractivity contribution is 7.78. The van der Waals surface area contributed by atoms with Crippen molar-refractivity contribution >= 4 is 29.8 Å². The SMILES string of the molecule is S=C=C1C=NC=N1. The van der Waals surface area contributed by atoms with Crippen LogP contribution < -0.4 is 0 Å². The van der Waals surface area contributed by atoms with Gasteiger partial charge in [-0.15, -0.1) is 0 Å². The third-order valence-electron chi connectivity index (χ3n) is 0.565. The van der Waals surface area contributed by atoms with Crippen molar-refractivity contribution in [3.05, 3.63) is 5.70 Å². The van der Waals surface area contributed by atoms with Crippen molar-refractivity contribution in [3.8, 4) is 0 Å². The molecule has 1 aliphatic heterocycles. The maximum absolute atomic E-state index is 4.42. The molecule has 0 N–H and O–H groups in total. The molecule has 0 atom stereocenters. The van der Waals surface area contributed by atoms with E-state index in [1.165, 1.54) is 6.34 Å². The van der Waals surface area contributed by atoms with Crippen molar-refractivity contribution in [1.29, 1.82) is 0 Å². The number of aliphatic imine (C=N–C) groups is 2. The van der Waals surface area contributed by atoms with Crippen LogP contribution in [0.4, 0.5) is 0 Å². The highest BCUT2D eigenvalue weighted by Crippen LogP contribution is 1.89. The highest BCUT2D eigenvalue weighted by Gasteiger charge is 1.87. The van der Waals surface area contributed by atoms with E-state index in [9.17, 15) is 0 Å². The molecule has 0 unspecified atom stereocenters. The molecule has 0 radical (unpaired) electrons. The molecule has 7 heavy (non-hydrogen) atoms. The van der Waals surface area contributed by atoms with Crippen molar-refractivity contribution < 1.29 is 0 Å². The Labute approximate surface area is 46.3 Å². The van der Waals surface area contributed by atoms with E-state index in [2.05, 4.69) is 27.2 Å². The molecule has 0 bridgehead atoms. The third kappa shape index (κ3) is 0.796. The predicted molar refractivity (Wildman–Crippen MR) is 33.1 cm³/mol. The van der Waals surface area contributed by atoms with Gasteiger partial charge in [0.05, 0.1) is 6.21 Å². The summed E-state index contributed by atoms with van der Waals surface area (Å²) < 4.78 is 0. The Hall–Kier alpha value is -0.790. The van der Waals surface area contributed by atoms with E-state index in [0.29, 0.717) is 5.70 Å². The summed E-state index contributed by atoms with van der Waals surface area (Å²) in [6.45, 7) is 0. The number of hydrogen-bond acceptors (Lipinski definition) is 3. The van der Waals surface area contributed by atoms with Gasteiger partial charge in [-0.2, -0.15) is 0 Å². The van der Waals surface area contributed by atoms with Crippen LogP contribution in [0.3, 0.4) is 0 Å². The second-order valence-corrected chi connectivity index (χ2v) is 1.21. The molecule has 0 aliphatic carbocycles. The lowest BCUT2D eigenvalue weighted by atomic mass is 10.6. The van der Waals surface area contributed by atoms with Crippen molar-refractivity contribution in [1.82, 2.24) is 0 Å². The summed E-state index contributed by atoms with van der Waals surface area (Å²) in [5.41, 5.74) is 0.634. The molecule has 0 amide bonds. The monoisotopic (exact) mass is 110 g/mol. The number of allylic oxidation sites excluding steroid dienone is 1. The average Bonchev–Trinajstić information content (AvgIpc) is 2.14. The Balaban J connectivity index is 3.00. The van der Waals surface area contributed by atoms with Crippen LogP contribution in [0.25, 0.3) is 0 Å². The van der Waals surface area contributed by atoms with Crippen molar-refractivity contribution in [2.24, 2.45) is 9.98 Å². The molecular weight excluding hydrogens is 108 g/mol. The Morgan fingerprint density at radius 2 is 2.57 bits per heavy atom. The second-order valence-electron chi connectivity index (χ2n) is 1.01. The second kappa shape index (κ2) is 1.78. The molecule has 0 aromatic carbocycles. The lowest BCUT2D eigenvalue weighted by Gasteiger charge is -1.67. The molecule has 3 heteroatoms. The maximum atomic E-state index is 4.42. The first-order chi connectivity index (χ1) is 3.43. The molecule has 1 aliphatic rings. The summed E-state index contributed by atoms with van der Waals surface area (Å²) >= 11 is 4.42. The first-order valence-corrected chi connectivity index (χ1v) is 2.15. The topological polar surface area (TPSA) is 24.7 Å². The van der Waals surface area contributed by atoms with Gasteiger partial charge < -0.3 is 0 Å². The third-order valence-corrected chi connectivity index (χ3v) is 0.774. The van der Waals surface area contributed by atoms with E-state index in [4.69, 9.17) is 0 Å². The fourth-order valence-corrected chi connectivity index (χ4v) is 0.391. The van der Waals surface area contributed by atoms with Gasteiger partial charge in [0, 0.05) is 0 Å². The van der Waals surface area contributed by atoms with Crippen LogP contribution in [0, 0.1) is 0 Å². The summed E-state index contributed by atoms with van der Waals surface area (Å²) in [6.07, 6.45) is 3.00. The van der Waals surface area contributed by atoms with E-state index in [1.807, 2.05) is 0 Å². The van der Waals surface area contributed by atoms with Crippen LogP contribution in [0.15, 0.2) is 15.7 Å². The van der Waals surface area contributed by atoms with E-state index in [-0.39, 0.29) is 0 Å². The molecule has 34 valence electrons. The van der Waals surface area contributed by atoms with Gasteiger partial charge in [-0.25, -0.2) is 9.98 Å². The zero-order valence-corrected chi connectivity index (χ0v) is 4.27. The van der Waals surface area contributed by atoms with Gasteiger partial charge in [-0.05, 0) is 17.2 Å². The first-order valence-electron chi connectivity index (χ1n) is 1.74. The van der Waals surface area contributed by atoms with Crippen LogP contribution in [0.2, 0.25) is 0 Å². The van der Waals surface area contributed by atoms with E-state index < -0.39 is 0 Å². The fourth-order valence-electron chi connectivity index (χ4n) is 0.286. The lowest BCUT2D eigenvalue weighted by Crippen LogP contribution is -1.68. The molecule has 0 saturated heterocycles. The number of nitrogens with zero attached hydrogens (tertiary/aromatic N) is 2. The van der Waals surface area contributed by atoms with E-state index in [0.717, 1.165) is 0 Å². The Kier molecular flexibility index (Phi) is 1.11. The van der Waals surface area contributed by atoms with Gasteiger partial charge in [0.25, 0.3) is 0 Å². The minimum absolute atomic E-state index is 0.634. The molecule has 0 aromatic heterocycles. The lowest BCUT2D eigenvalue weighted by molar-refractivity contribution is 1.59. The van der Waals surface area contributed by atoms with E-state index in [1.54, 1.807) is 6.21 Å². The number of rotatable bonds is 0. The fraction of sp³-hybridized carbons (Fsp3) is 0. The Morgan fingerprint density at radius 3 is 2.86 bits per heavy atom. The van der Waals surface area contributed by atoms with Crippen molar-refractivity contribution in [2.45, 2.75) is 0 Å². The molecule has 0 aromatic rings. The summed E-state index contributed by atoms with van der Waals surface area (Å²) in [7, 11) is 0. The van der Waals surface area contributed by atoms with Crippen LogP contribution in [0.1, 0.15) is 0 Å². The molecule has 1 rings (SSSR count). The molecular formula is C4H2N2S. The minimum atomic E-state index is 0.634. The van der Waals surface area contributed by atoms with Gasteiger partial charge in [-0.1, -0.05) is 0 Å². The minimum Gasteiger partial charge on any atom is -0.242 e. The first kappa shape index (κ1) is 4.37. The van der Waals surface area contributed by atoms with Crippen molar-refractivity contribution in [2.75, 3.05) is 0 Å². The zero-order chi connectivity index (χ0) is 5.11. The standard InChI is InChI=1S/C4H2N2S/c7-2-4-1-5-3-6-4/h1,3H. The Bertz CT molecular complexity index is 160. The van der Waals surface area contributed by atoms with Gasteiger partial charge >= 0.3 is 0 Å². The van der Waals surface area contributed by atoms with Gasteiger partial charge in [0.1, 0.15) is 12.0 Å². The smallest absolute Gasteiger partial charge is 0.136 e. The summed E-state index contributed by atoms with van der Waals surface area (Å²) in [5.74, 6) is 0. The largest absolute Gasteiger partial charge is 0.242 e. The van der Waals surface area contributed by atoms with Crippen LogP contribution in [0.5, 0.6) is 0 Å². The van der Waals surface area contributed by atoms with Gasteiger partial charge in [0.15, 0.2) is 0 Å². The van der Waals surface area contributed by atoms with Crippen LogP contribution in [-0.2, 0) is 0 Å². The molecule has 2 nitrogen and oxygen atoms in total. The van der Waals surface area contributed by atoms with Crippen LogP contribution in [-0.4, -0.2) is 17.6 Å². The average molecular weight is 110 g/mol. The highest BCUT2D eigenvalue weighted by atomic mass is 32.1. The predicted octanol–water partition coefficient (Wildman–Crippen LogP) is 0.582. The summed E-state index contributed by atoms with van der Waals surface area (Å²) in [4.78, 5) is 7.36.